The summed E-state index contributed by atoms with van der Waals surface area (Å²) in [4.78, 5) is 25.5. The van der Waals surface area contributed by atoms with Crippen molar-refractivity contribution in [3.05, 3.63) is 29.8 Å². The predicted octanol–water partition coefficient (Wildman–Crippen LogP) is 2.69. The van der Waals surface area contributed by atoms with E-state index >= 15 is 0 Å². The van der Waals surface area contributed by atoms with Crippen LogP contribution in [0.2, 0.25) is 0 Å². The molecular formula is C17H21F2NO4. The van der Waals surface area contributed by atoms with E-state index in [9.17, 15) is 23.5 Å². The van der Waals surface area contributed by atoms with Gasteiger partial charge in [-0.25, -0.2) is 8.78 Å². The molecule has 2 unspecified atom stereocenters. The minimum atomic E-state index is -1.06. The van der Waals surface area contributed by atoms with Gasteiger partial charge in [0.2, 0.25) is 0 Å². The second kappa shape index (κ2) is 6.75. The Morgan fingerprint density at radius 1 is 1.25 bits per heavy atom. The second-order valence-corrected chi connectivity index (χ2v) is 6.46. The molecular weight excluding hydrogens is 320 g/mol. The van der Waals surface area contributed by atoms with Crippen LogP contribution in [0.5, 0.6) is 5.75 Å². The first-order chi connectivity index (χ1) is 11.2. The van der Waals surface area contributed by atoms with Gasteiger partial charge in [-0.3, -0.25) is 9.59 Å². The fourth-order valence-electron chi connectivity index (χ4n) is 2.98. The molecule has 0 spiro atoms. The van der Waals surface area contributed by atoms with Gasteiger partial charge in [-0.2, -0.15) is 0 Å². The molecule has 1 saturated heterocycles. The molecule has 2 atom stereocenters. The zero-order valence-corrected chi connectivity index (χ0v) is 13.9. The van der Waals surface area contributed by atoms with Crippen molar-refractivity contribution in [2.24, 2.45) is 11.3 Å². The van der Waals surface area contributed by atoms with Crippen LogP contribution in [0.15, 0.2) is 18.2 Å². The molecule has 0 aromatic heterocycles. The Kier molecular flexibility index (Phi) is 5.11. The molecule has 1 aliphatic heterocycles. The first-order valence-corrected chi connectivity index (χ1v) is 7.81. The molecule has 1 N–H and O–H groups in total. The molecule has 132 valence electrons. The number of carbonyl (C=O) groups is 2. The van der Waals surface area contributed by atoms with E-state index in [4.69, 9.17) is 4.74 Å². The van der Waals surface area contributed by atoms with E-state index in [2.05, 4.69) is 0 Å². The molecule has 0 saturated carbocycles. The molecule has 5 nitrogen and oxygen atoms in total. The predicted molar refractivity (Wildman–Crippen MR) is 82.6 cm³/mol. The van der Waals surface area contributed by atoms with Crippen molar-refractivity contribution in [3.8, 4) is 5.75 Å². The Labute approximate surface area is 139 Å². The van der Waals surface area contributed by atoms with Crippen LogP contribution in [0.4, 0.5) is 8.78 Å². The molecule has 24 heavy (non-hydrogen) atoms. The summed E-state index contributed by atoms with van der Waals surface area (Å²) in [5.74, 6) is -3.41. The van der Waals surface area contributed by atoms with Crippen molar-refractivity contribution >= 4 is 11.9 Å². The Morgan fingerprint density at radius 3 is 2.42 bits per heavy atom. The fourth-order valence-corrected chi connectivity index (χ4v) is 2.98. The summed E-state index contributed by atoms with van der Waals surface area (Å²) < 4.78 is 31.5. The summed E-state index contributed by atoms with van der Waals surface area (Å²) in [6, 6.07) is 3.03. The van der Waals surface area contributed by atoms with E-state index in [0.29, 0.717) is 13.0 Å². The highest BCUT2D eigenvalue weighted by Crippen LogP contribution is 2.38. The minimum Gasteiger partial charge on any atom is -0.481 e. The van der Waals surface area contributed by atoms with Gasteiger partial charge in [0.1, 0.15) is 5.75 Å². The number of amides is 1. The van der Waals surface area contributed by atoms with Crippen LogP contribution in [0.3, 0.4) is 0 Å². The number of aliphatic carboxylic acids is 1. The maximum absolute atomic E-state index is 13.2. The number of halogens is 2. The average Bonchev–Trinajstić information content (AvgIpc) is 2.97. The van der Waals surface area contributed by atoms with E-state index in [1.165, 1.54) is 17.9 Å². The van der Waals surface area contributed by atoms with Gasteiger partial charge in [0.15, 0.2) is 17.7 Å². The summed E-state index contributed by atoms with van der Waals surface area (Å²) in [6.07, 6.45) is -0.546. The molecule has 2 rings (SSSR count). The van der Waals surface area contributed by atoms with Gasteiger partial charge in [-0.1, -0.05) is 13.8 Å². The number of carboxylic acid groups (broad SMARTS) is 1. The number of ether oxygens (including phenoxy) is 1. The SMILES string of the molecule is CC(Oc1ccc(F)c(F)c1)C(=O)N1CCC(C(=O)O)(C(C)C)C1. The van der Waals surface area contributed by atoms with Crippen molar-refractivity contribution in [1.29, 1.82) is 0 Å². The fraction of sp³-hybridized carbons (Fsp3) is 0.529. The highest BCUT2D eigenvalue weighted by Gasteiger charge is 2.49. The van der Waals surface area contributed by atoms with E-state index in [1.54, 1.807) is 0 Å². The van der Waals surface area contributed by atoms with Crippen molar-refractivity contribution in [1.82, 2.24) is 4.90 Å². The topological polar surface area (TPSA) is 66.8 Å². The van der Waals surface area contributed by atoms with Crippen LogP contribution >= 0.6 is 0 Å². The van der Waals surface area contributed by atoms with Gasteiger partial charge < -0.3 is 14.7 Å². The zero-order valence-electron chi connectivity index (χ0n) is 13.9. The number of carboxylic acids is 1. The molecule has 0 radical (unpaired) electrons. The molecule has 1 heterocycles. The Balaban J connectivity index is 2.06. The third kappa shape index (κ3) is 3.34. The maximum atomic E-state index is 13.2. The molecule has 0 bridgehead atoms. The van der Waals surface area contributed by atoms with Crippen molar-refractivity contribution in [2.75, 3.05) is 13.1 Å². The quantitative estimate of drug-likeness (QED) is 0.894. The lowest BCUT2D eigenvalue weighted by molar-refractivity contribution is -0.151. The van der Waals surface area contributed by atoms with Crippen LogP contribution in [0.25, 0.3) is 0 Å². The number of likely N-dealkylation sites (tertiary alicyclic amines) is 1. The summed E-state index contributed by atoms with van der Waals surface area (Å²) in [7, 11) is 0. The molecule has 0 aliphatic carbocycles. The molecule has 1 amide bonds. The molecule has 1 aliphatic rings. The second-order valence-electron chi connectivity index (χ2n) is 6.46. The molecule has 1 aromatic rings. The van der Waals surface area contributed by atoms with Crippen molar-refractivity contribution in [3.63, 3.8) is 0 Å². The Morgan fingerprint density at radius 2 is 1.92 bits per heavy atom. The first-order valence-electron chi connectivity index (χ1n) is 7.81. The lowest BCUT2D eigenvalue weighted by atomic mass is 9.76. The van der Waals surface area contributed by atoms with Gasteiger partial charge in [0, 0.05) is 19.2 Å². The van der Waals surface area contributed by atoms with Crippen LogP contribution < -0.4 is 4.74 Å². The van der Waals surface area contributed by atoms with E-state index in [-0.39, 0.29) is 24.1 Å². The number of hydrogen-bond acceptors (Lipinski definition) is 3. The van der Waals surface area contributed by atoms with Gasteiger partial charge >= 0.3 is 5.97 Å². The smallest absolute Gasteiger partial charge is 0.311 e. The zero-order chi connectivity index (χ0) is 18.1. The molecule has 7 heteroatoms. The summed E-state index contributed by atoms with van der Waals surface area (Å²) in [6.45, 7) is 5.59. The number of rotatable bonds is 5. The van der Waals surface area contributed by atoms with E-state index < -0.39 is 29.1 Å². The van der Waals surface area contributed by atoms with Gasteiger partial charge in [0.25, 0.3) is 5.91 Å². The van der Waals surface area contributed by atoms with Crippen LogP contribution in [-0.4, -0.2) is 41.1 Å². The standard InChI is InChI=1S/C17H21F2NO4/c1-10(2)17(16(22)23)6-7-20(9-17)15(21)11(3)24-12-4-5-13(18)14(19)8-12/h4-5,8,10-11H,6-7,9H2,1-3H3,(H,22,23). The van der Waals surface area contributed by atoms with Crippen LogP contribution in [0, 0.1) is 23.0 Å². The highest BCUT2D eigenvalue weighted by molar-refractivity contribution is 5.83. The molecule has 1 aromatic carbocycles. The third-order valence-corrected chi connectivity index (χ3v) is 4.70. The van der Waals surface area contributed by atoms with Crippen LogP contribution in [0.1, 0.15) is 27.2 Å². The first kappa shape index (κ1) is 18.2. The Bertz CT molecular complexity index is 649. The number of benzene rings is 1. The van der Waals surface area contributed by atoms with Gasteiger partial charge in [-0.15, -0.1) is 0 Å². The third-order valence-electron chi connectivity index (χ3n) is 4.70. The van der Waals surface area contributed by atoms with Crippen LogP contribution in [-0.2, 0) is 9.59 Å². The number of carbonyl (C=O) groups excluding carboxylic acids is 1. The number of nitrogens with zero attached hydrogens (tertiary/aromatic N) is 1. The van der Waals surface area contributed by atoms with Crippen molar-refractivity contribution in [2.45, 2.75) is 33.3 Å². The van der Waals surface area contributed by atoms with E-state index in [0.717, 1.165) is 12.1 Å². The number of hydrogen-bond donors (Lipinski definition) is 1. The highest BCUT2D eigenvalue weighted by atomic mass is 19.2. The monoisotopic (exact) mass is 341 g/mol. The normalized spacial score (nSPS) is 21.8. The van der Waals surface area contributed by atoms with Crippen molar-refractivity contribution < 1.29 is 28.2 Å². The average molecular weight is 341 g/mol. The molecule has 1 fully saturated rings. The van der Waals surface area contributed by atoms with Gasteiger partial charge in [-0.05, 0) is 31.4 Å². The Hall–Kier alpha value is -2.18. The van der Waals surface area contributed by atoms with Gasteiger partial charge in [0.05, 0.1) is 5.41 Å². The lowest BCUT2D eigenvalue weighted by Crippen LogP contribution is -2.44. The minimum absolute atomic E-state index is 0.0438. The summed E-state index contributed by atoms with van der Waals surface area (Å²) in [5.41, 5.74) is -0.961. The summed E-state index contributed by atoms with van der Waals surface area (Å²) in [5, 5.41) is 9.52. The lowest BCUT2D eigenvalue weighted by Gasteiger charge is -2.29. The summed E-state index contributed by atoms with van der Waals surface area (Å²) >= 11 is 0. The van der Waals surface area contributed by atoms with E-state index in [1.807, 2.05) is 13.8 Å². The maximum Gasteiger partial charge on any atom is 0.311 e. The largest absolute Gasteiger partial charge is 0.481 e.